The molecule has 1 N–H and O–H groups in total. The predicted molar refractivity (Wildman–Crippen MR) is 86.5 cm³/mol. The molecule has 0 aliphatic rings. The van der Waals surface area contributed by atoms with Gasteiger partial charge in [-0.15, -0.1) is 5.10 Å². The molecule has 3 rings (SSSR count). The number of benzene rings is 1. The first kappa shape index (κ1) is 16.0. The lowest BCUT2D eigenvalue weighted by Gasteiger charge is -2.09. The van der Waals surface area contributed by atoms with Gasteiger partial charge in [0.15, 0.2) is 5.82 Å². The van der Waals surface area contributed by atoms with Crippen LogP contribution in [0.1, 0.15) is 11.4 Å². The minimum atomic E-state index is -3.83. The molecule has 9 nitrogen and oxygen atoms in total. The van der Waals surface area contributed by atoms with Gasteiger partial charge in [-0.25, -0.2) is 27.8 Å². The van der Waals surface area contributed by atoms with E-state index in [9.17, 15) is 8.42 Å². The van der Waals surface area contributed by atoms with Gasteiger partial charge in [-0.1, -0.05) is 12.1 Å². The van der Waals surface area contributed by atoms with Gasteiger partial charge in [-0.05, 0) is 42.5 Å². The van der Waals surface area contributed by atoms with Gasteiger partial charge in [-0.2, -0.15) is 0 Å². The van der Waals surface area contributed by atoms with Crippen molar-refractivity contribution in [1.29, 1.82) is 0 Å². The van der Waals surface area contributed by atoms with Crippen molar-refractivity contribution in [3.8, 4) is 11.4 Å². The van der Waals surface area contributed by atoms with Crippen LogP contribution >= 0.6 is 0 Å². The molecular formula is C14H15N7O2S. The van der Waals surface area contributed by atoms with Crippen molar-refractivity contribution >= 4 is 16.0 Å². The lowest BCUT2D eigenvalue weighted by molar-refractivity contribution is 0.600. The Hall–Kier alpha value is -2.88. The van der Waals surface area contributed by atoms with E-state index in [2.05, 4.69) is 30.2 Å². The van der Waals surface area contributed by atoms with Crippen LogP contribution in [0.2, 0.25) is 0 Å². The summed E-state index contributed by atoms with van der Waals surface area (Å²) in [6, 6.07) is 8.10. The molecule has 0 aliphatic carbocycles. The summed E-state index contributed by atoms with van der Waals surface area (Å²) in [4.78, 5) is 8.26. The topological polar surface area (TPSA) is 116 Å². The Morgan fingerprint density at radius 3 is 2.42 bits per heavy atom. The highest BCUT2D eigenvalue weighted by molar-refractivity contribution is 7.92. The fourth-order valence-electron chi connectivity index (χ4n) is 2.23. The molecule has 2 aromatic heterocycles. The molecule has 0 spiro atoms. The second kappa shape index (κ2) is 5.96. The molecule has 0 aliphatic heterocycles. The average molecular weight is 345 g/mol. The summed E-state index contributed by atoms with van der Waals surface area (Å²) in [7, 11) is -2.15. The van der Waals surface area contributed by atoms with Crippen LogP contribution in [0.3, 0.4) is 0 Å². The third-order valence-corrected chi connectivity index (χ3v) is 4.56. The van der Waals surface area contributed by atoms with Crippen LogP contribution in [0, 0.1) is 13.8 Å². The molecule has 0 fully saturated rings. The van der Waals surface area contributed by atoms with E-state index in [-0.39, 0.29) is 10.8 Å². The lowest BCUT2D eigenvalue weighted by atomic mass is 10.2. The van der Waals surface area contributed by atoms with Gasteiger partial charge in [0.1, 0.15) is 0 Å². The Balaban J connectivity index is 1.97. The first-order chi connectivity index (χ1) is 11.3. The Kier molecular flexibility index (Phi) is 3.97. The van der Waals surface area contributed by atoms with E-state index < -0.39 is 10.0 Å². The zero-order valence-corrected chi connectivity index (χ0v) is 14.1. The van der Waals surface area contributed by atoms with Crippen LogP contribution in [-0.4, -0.2) is 38.6 Å². The van der Waals surface area contributed by atoms with Crippen LogP contribution < -0.4 is 4.72 Å². The van der Waals surface area contributed by atoms with Crippen LogP contribution in [0.4, 0.5) is 5.95 Å². The van der Waals surface area contributed by atoms with Gasteiger partial charge in [-0.3, -0.25) is 0 Å². The van der Waals surface area contributed by atoms with E-state index in [0.717, 1.165) is 0 Å². The second-order valence-electron chi connectivity index (χ2n) is 5.23. The smallest absolute Gasteiger partial charge is 0.247 e. The van der Waals surface area contributed by atoms with E-state index >= 15 is 0 Å². The number of rotatable bonds is 4. The van der Waals surface area contributed by atoms with Crippen LogP contribution in [0.5, 0.6) is 0 Å². The average Bonchev–Trinajstić information content (AvgIpc) is 2.92. The summed E-state index contributed by atoms with van der Waals surface area (Å²) in [6.07, 6.45) is 0. The molecule has 124 valence electrons. The first-order valence-electron chi connectivity index (χ1n) is 7.03. The highest BCUT2D eigenvalue weighted by Gasteiger charge is 2.18. The molecule has 0 bridgehead atoms. The molecule has 24 heavy (non-hydrogen) atoms. The summed E-state index contributed by atoms with van der Waals surface area (Å²) in [6.45, 7) is 3.54. The molecular weight excluding hydrogens is 330 g/mol. The maximum Gasteiger partial charge on any atom is 0.264 e. The van der Waals surface area contributed by atoms with Gasteiger partial charge in [0.2, 0.25) is 5.95 Å². The summed E-state index contributed by atoms with van der Waals surface area (Å²) < 4.78 is 29.0. The highest BCUT2D eigenvalue weighted by atomic mass is 32.2. The van der Waals surface area contributed by atoms with E-state index in [1.165, 1.54) is 16.8 Å². The number of aryl methyl sites for hydroxylation is 3. The first-order valence-corrected chi connectivity index (χ1v) is 8.51. The Morgan fingerprint density at radius 1 is 1.08 bits per heavy atom. The normalized spacial score (nSPS) is 11.5. The number of hydrogen-bond acceptors (Lipinski definition) is 7. The maximum atomic E-state index is 12.6. The summed E-state index contributed by atoms with van der Waals surface area (Å²) in [5.74, 6) is 0.507. The highest BCUT2D eigenvalue weighted by Crippen LogP contribution is 2.21. The molecule has 0 radical (unpaired) electrons. The monoisotopic (exact) mass is 345 g/mol. The Bertz CT molecular complexity index is 978. The zero-order valence-electron chi connectivity index (χ0n) is 13.3. The van der Waals surface area contributed by atoms with Crippen LogP contribution in [0.15, 0.2) is 35.2 Å². The third kappa shape index (κ3) is 3.23. The molecule has 10 heteroatoms. The number of anilines is 1. The molecule has 0 unspecified atom stereocenters. The van der Waals surface area contributed by atoms with Crippen molar-refractivity contribution < 1.29 is 8.42 Å². The fourth-order valence-corrected chi connectivity index (χ4v) is 3.22. The maximum absolute atomic E-state index is 12.6. The number of tetrazole rings is 1. The SMILES string of the molecule is Cc1cc(C)nc(NS(=O)(=O)c2cccc(-c3nnnn3C)c2)n1. The van der Waals surface area contributed by atoms with Gasteiger partial charge in [0.25, 0.3) is 10.0 Å². The Morgan fingerprint density at radius 2 is 1.79 bits per heavy atom. The molecule has 2 heterocycles. The van der Waals surface area contributed by atoms with Crippen molar-refractivity contribution in [2.24, 2.45) is 7.05 Å². The molecule has 0 amide bonds. The number of nitrogens with one attached hydrogen (secondary N) is 1. The summed E-state index contributed by atoms with van der Waals surface area (Å²) >= 11 is 0. The van der Waals surface area contributed by atoms with Crippen molar-refractivity contribution in [1.82, 2.24) is 30.2 Å². The Labute approximate surface area is 138 Å². The van der Waals surface area contributed by atoms with E-state index in [1.807, 2.05) is 0 Å². The number of nitrogens with zero attached hydrogens (tertiary/aromatic N) is 6. The summed E-state index contributed by atoms with van der Waals surface area (Å²) in [5, 5.41) is 11.2. The minimum absolute atomic E-state index is 0.0400. The lowest BCUT2D eigenvalue weighted by Crippen LogP contribution is -2.16. The number of sulfonamides is 1. The molecule has 0 atom stereocenters. The van der Waals surface area contributed by atoms with E-state index in [4.69, 9.17) is 0 Å². The molecule has 1 aromatic carbocycles. The van der Waals surface area contributed by atoms with Crippen LogP contribution in [-0.2, 0) is 17.1 Å². The standard InChI is InChI=1S/C14H15N7O2S/c1-9-7-10(2)16-14(15-9)18-24(22,23)12-6-4-5-11(8-12)13-17-19-20-21(13)3/h4-8H,1-3H3,(H,15,16,18). The van der Waals surface area contributed by atoms with Crippen molar-refractivity contribution in [3.05, 3.63) is 41.7 Å². The third-order valence-electron chi connectivity index (χ3n) is 3.23. The fraction of sp³-hybridized carbons (Fsp3) is 0.214. The van der Waals surface area contributed by atoms with Crippen molar-refractivity contribution in [3.63, 3.8) is 0 Å². The van der Waals surface area contributed by atoms with Gasteiger partial charge in [0.05, 0.1) is 4.90 Å². The quantitative estimate of drug-likeness (QED) is 0.752. The second-order valence-corrected chi connectivity index (χ2v) is 6.92. The van der Waals surface area contributed by atoms with Gasteiger partial charge < -0.3 is 0 Å². The molecule has 0 saturated carbocycles. The predicted octanol–water partition coefficient (Wildman–Crippen LogP) is 1.08. The van der Waals surface area contributed by atoms with Gasteiger partial charge in [0, 0.05) is 24.0 Å². The van der Waals surface area contributed by atoms with Crippen molar-refractivity contribution in [2.75, 3.05) is 4.72 Å². The van der Waals surface area contributed by atoms with E-state index in [0.29, 0.717) is 22.8 Å². The zero-order chi connectivity index (χ0) is 17.3. The minimum Gasteiger partial charge on any atom is -0.247 e. The van der Waals surface area contributed by atoms with Crippen LogP contribution in [0.25, 0.3) is 11.4 Å². The largest absolute Gasteiger partial charge is 0.264 e. The van der Waals surface area contributed by atoms with E-state index in [1.54, 1.807) is 39.1 Å². The number of aromatic nitrogens is 6. The molecule has 0 saturated heterocycles. The van der Waals surface area contributed by atoms with Crippen molar-refractivity contribution in [2.45, 2.75) is 18.7 Å². The van der Waals surface area contributed by atoms with Gasteiger partial charge >= 0.3 is 0 Å². The molecule has 3 aromatic rings. The summed E-state index contributed by atoms with van der Waals surface area (Å²) in [5.41, 5.74) is 1.95. The number of hydrogen-bond donors (Lipinski definition) is 1.